The number of aromatic nitrogens is 1. The Morgan fingerprint density at radius 2 is 2.08 bits per heavy atom. The zero-order chi connectivity index (χ0) is 17.6. The Morgan fingerprint density at radius 3 is 2.72 bits per heavy atom. The van der Waals surface area contributed by atoms with E-state index in [-0.39, 0.29) is 11.9 Å². The number of amides is 1. The standard InChI is InChI=1S/C18H24N4O2S/c1-14(21(2)11-16-12-25-13-19-16)18(23)20-15-3-5-17(6-4-15)22-7-9-24-10-8-22/h3-6,12-14H,7-11H2,1-2H3,(H,20,23)/t14-/m0/s1. The Hall–Kier alpha value is -1.96. The summed E-state index contributed by atoms with van der Waals surface area (Å²) in [6.45, 7) is 5.91. The molecule has 0 unspecified atom stereocenters. The van der Waals surface area contributed by atoms with Gasteiger partial charge in [0.1, 0.15) is 0 Å². The molecule has 1 aromatic carbocycles. The summed E-state index contributed by atoms with van der Waals surface area (Å²) >= 11 is 1.57. The van der Waals surface area contributed by atoms with E-state index >= 15 is 0 Å². The maximum Gasteiger partial charge on any atom is 0.241 e. The largest absolute Gasteiger partial charge is 0.378 e. The first kappa shape index (κ1) is 17.8. The molecular formula is C18H24N4O2S. The van der Waals surface area contributed by atoms with Gasteiger partial charge in [-0.05, 0) is 38.2 Å². The second-order valence-corrected chi connectivity index (χ2v) is 6.93. The van der Waals surface area contributed by atoms with Gasteiger partial charge in [0.25, 0.3) is 0 Å². The number of carbonyl (C=O) groups is 1. The molecule has 0 aliphatic carbocycles. The van der Waals surface area contributed by atoms with E-state index in [2.05, 4.69) is 15.2 Å². The Bertz CT molecular complexity index is 669. The van der Waals surface area contributed by atoms with Crippen LogP contribution in [0.5, 0.6) is 0 Å². The summed E-state index contributed by atoms with van der Waals surface area (Å²) in [5, 5.41) is 5.00. The minimum Gasteiger partial charge on any atom is -0.378 e. The predicted molar refractivity (Wildman–Crippen MR) is 101 cm³/mol. The monoisotopic (exact) mass is 360 g/mol. The topological polar surface area (TPSA) is 57.7 Å². The highest BCUT2D eigenvalue weighted by atomic mass is 32.1. The van der Waals surface area contributed by atoms with Crippen LogP contribution in [0.1, 0.15) is 12.6 Å². The number of nitrogens with one attached hydrogen (secondary N) is 1. The van der Waals surface area contributed by atoms with E-state index < -0.39 is 0 Å². The summed E-state index contributed by atoms with van der Waals surface area (Å²) in [6, 6.07) is 7.77. The third kappa shape index (κ3) is 4.78. The number of thiazole rings is 1. The molecule has 2 heterocycles. The highest BCUT2D eigenvalue weighted by Gasteiger charge is 2.19. The molecule has 1 N–H and O–H groups in total. The Balaban J connectivity index is 1.54. The summed E-state index contributed by atoms with van der Waals surface area (Å²) in [5.74, 6) is -0.0168. The van der Waals surface area contributed by atoms with Crippen LogP contribution >= 0.6 is 11.3 Å². The molecule has 25 heavy (non-hydrogen) atoms. The maximum atomic E-state index is 12.5. The summed E-state index contributed by atoms with van der Waals surface area (Å²) in [6.07, 6.45) is 0. The SMILES string of the molecule is C[C@@H](C(=O)Nc1ccc(N2CCOCC2)cc1)N(C)Cc1cscn1. The molecule has 1 fully saturated rings. The molecule has 134 valence electrons. The number of nitrogens with zero attached hydrogens (tertiary/aromatic N) is 3. The Labute approximate surface area is 152 Å². The number of rotatable bonds is 6. The van der Waals surface area contributed by atoms with Crippen LogP contribution in [0, 0.1) is 0 Å². The molecule has 1 aliphatic rings. The van der Waals surface area contributed by atoms with E-state index in [0.717, 1.165) is 43.4 Å². The fourth-order valence-electron chi connectivity index (χ4n) is 2.73. The van der Waals surface area contributed by atoms with E-state index in [1.54, 1.807) is 11.3 Å². The smallest absolute Gasteiger partial charge is 0.241 e. The van der Waals surface area contributed by atoms with Gasteiger partial charge < -0.3 is 15.0 Å². The van der Waals surface area contributed by atoms with Gasteiger partial charge in [0.15, 0.2) is 0 Å². The molecule has 0 radical (unpaired) electrons. The van der Waals surface area contributed by atoms with Gasteiger partial charge in [0, 0.05) is 36.4 Å². The number of anilines is 2. The molecule has 1 aliphatic heterocycles. The van der Waals surface area contributed by atoms with E-state index in [0.29, 0.717) is 6.54 Å². The zero-order valence-corrected chi connectivity index (χ0v) is 15.5. The number of benzene rings is 1. The van der Waals surface area contributed by atoms with Crippen molar-refractivity contribution in [1.82, 2.24) is 9.88 Å². The lowest BCUT2D eigenvalue weighted by atomic mass is 10.2. The minimum atomic E-state index is -0.236. The molecule has 3 rings (SSSR count). The molecule has 1 atom stereocenters. The van der Waals surface area contributed by atoms with Gasteiger partial charge in [0.05, 0.1) is 30.5 Å². The second-order valence-electron chi connectivity index (χ2n) is 6.21. The zero-order valence-electron chi connectivity index (χ0n) is 14.6. The maximum absolute atomic E-state index is 12.5. The second kappa shape index (κ2) is 8.42. The van der Waals surface area contributed by atoms with Crippen molar-refractivity contribution in [2.45, 2.75) is 19.5 Å². The molecule has 0 bridgehead atoms. The summed E-state index contributed by atoms with van der Waals surface area (Å²) in [7, 11) is 1.94. The van der Waals surface area contributed by atoms with Gasteiger partial charge in [-0.3, -0.25) is 9.69 Å². The number of carbonyl (C=O) groups excluding carboxylic acids is 1. The van der Waals surface area contributed by atoms with Crippen molar-refractivity contribution in [3.63, 3.8) is 0 Å². The lowest BCUT2D eigenvalue weighted by Crippen LogP contribution is -2.39. The number of likely N-dealkylation sites (N-methyl/N-ethyl adjacent to an activating group) is 1. The van der Waals surface area contributed by atoms with Gasteiger partial charge in [-0.25, -0.2) is 4.98 Å². The van der Waals surface area contributed by atoms with E-state index in [1.165, 1.54) is 0 Å². The van der Waals surface area contributed by atoms with Crippen LogP contribution in [0.25, 0.3) is 0 Å². The van der Waals surface area contributed by atoms with Gasteiger partial charge in [0.2, 0.25) is 5.91 Å². The quantitative estimate of drug-likeness (QED) is 0.857. The van der Waals surface area contributed by atoms with Gasteiger partial charge in [-0.1, -0.05) is 0 Å². The molecule has 6 nitrogen and oxygen atoms in total. The summed E-state index contributed by atoms with van der Waals surface area (Å²) < 4.78 is 5.38. The Morgan fingerprint density at radius 1 is 1.36 bits per heavy atom. The average molecular weight is 360 g/mol. The van der Waals surface area contributed by atoms with Gasteiger partial charge in [-0.15, -0.1) is 11.3 Å². The third-order valence-electron chi connectivity index (χ3n) is 4.45. The van der Waals surface area contributed by atoms with Crippen LogP contribution < -0.4 is 10.2 Å². The normalized spacial score (nSPS) is 16.0. The molecular weight excluding hydrogens is 336 g/mol. The van der Waals surface area contributed by atoms with Crippen LogP contribution in [0.4, 0.5) is 11.4 Å². The average Bonchev–Trinajstić information content (AvgIpc) is 3.15. The molecule has 2 aromatic rings. The van der Waals surface area contributed by atoms with E-state index in [9.17, 15) is 4.79 Å². The molecule has 0 spiro atoms. The number of hydrogen-bond donors (Lipinski definition) is 1. The Kier molecular flexibility index (Phi) is 6.01. The number of morpholine rings is 1. The fourth-order valence-corrected chi connectivity index (χ4v) is 3.28. The van der Waals surface area contributed by atoms with Crippen molar-refractivity contribution in [3.8, 4) is 0 Å². The highest BCUT2D eigenvalue weighted by molar-refractivity contribution is 7.07. The molecule has 1 saturated heterocycles. The van der Waals surface area contributed by atoms with Crippen LogP contribution in [-0.4, -0.2) is 55.2 Å². The summed E-state index contributed by atoms with van der Waals surface area (Å²) in [5.41, 5.74) is 4.78. The van der Waals surface area contributed by atoms with Gasteiger partial charge >= 0.3 is 0 Å². The van der Waals surface area contributed by atoms with Gasteiger partial charge in [-0.2, -0.15) is 0 Å². The number of hydrogen-bond acceptors (Lipinski definition) is 6. The first-order valence-electron chi connectivity index (χ1n) is 8.44. The van der Waals surface area contributed by atoms with E-state index in [1.807, 2.05) is 54.0 Å². The van der Waals surface area contributed by atoms with Crippen molar-refractivity contribution >= 4 is 28.6 Å². The first-order valence-corrected chi connectivity index (χ1v) is 9.38. The molecule has 0 saturated carbocycles. The summed E-state index contributed by atoms with van der Waals surface area (Å²) in [4.78, 5) is 21.0. The van der Waals surface area contributed by atoms with Crippen molar-refractivity contribution in [2.75, 3.05) is 43.6 Å². The molecule has 1 amide bonds. The van der Waals surface area contributed by atoms with Crippen LogP contribution in [0.15, 0.2) is 35.2 Å². The lowest BCUT2D eigenvalue weighted by molar-refractivity contribution is -0.120. The predicted octanol–water partition coefficient (Wildman–Crippen LogP) is 2.44. The van der Waals surface area contributed by atoms with Crippen LogP contribution in [0.2, 0.25) is 0 Å². The lowest BCUT2D eigenvalue weighted by Gasteiger charge is -2.29. The van der Waals surface area contributed by atoms with Crippen molar-refractivity contribution in [3.05, 3.63) is 40.8 Å². The van der Waals surface area contributed by atoms with Crippen molar-refractivity contribution < 1.29 is 9.53 Å². The number of ether oxygens (including phenoxy) is 1. The molecule has 1 aromatic heterocycles. The third-order valence-corrected chi connectivity index (χ3v) is 5.08. The van der Waals surface area contributed by atoms with Crippen LogP contribution in [0.3, 0.4) is 0 Å². The van der Waals surface area contributed by atoms with E-state index in [4.69, 9.17) is 4.74 Å². The molecule has 7 heteroatoms. The van der Waals surface area contributed by atoms with Crippen molar-refractivity contribution in [1.29, 1.82) is 0 Å². The fraction of sp³-hybridized carbons (Fsp3) is 0.444. The first-order chi connectivity index (χ1) is 12.1. The highest BCUT2D eigenvalue weighted by Crippen LogP contribution is 2.19. The van der Waals surface area contributed by atoms with Crippen molar-refractivity contribution in [2.24, 2.45) is 0 Å². The van der Waals surface area contributed by atoms with Crippen LogP contribution in [-0.2, 0) is 16.1 Å². The minimum absolute atomic E-state index is 0.0168.